The first-order valence-electron chi connectivity index (χ1n) is 9.26. The Morgan fingerprint density at radius 2 is 2.20 bits per heavy atom. The van der Waals surface area contributed by atoms with Crippen molar-refractivity contribution in [1.29, 1.82) is 0 Å². The van der Waals surface area contributed by atoms with Gasteiger partial charge >= 0.3 is 0 Å². The number of carbonyl (C=O) groups excluding carboxylic acids is 1. The maximum absolute atomic E-state index is 12.3. The van der Waals surface area contributed by atoms with E-state index in [0.717, 1.165) is 30.3 Å². The molecule has 1 aliphatic heterocycles. The van der Waals surface area contributed by atoms with Crippen molar-refractivity contribution in [3.8, 4) is 5.75 Å². The molecule has 0 spiro atoms. The van der Waals surface area contributed by atoms with Gasteiger partial charge in [0.15, 0.2) is 0 Å². The predicted molar refractivity (Wildman–Crippen MR) is 99.7 cm³/mol. The van der Waals surface area contributed by atoms with Crippen LogP contribution in [0.2, 0.25) is 0 Å². The van der Waals surface area contributed by atoms with Crippen molar-refractivity contribution in [2.45, 2.75) is 52.4 Å². The topological polar surface area (TPSA) is 50.8 Å². The first-order chi connectivity index (χ1) is 12.0. The van der Waals surface area contributed by atoms with Crippen LogP contribution in [0.4, 0.5) is 0 Å². The highest BCUT2D eigenvalue weighted by atomic mass is 16.5. The largest absolute Gasteiger partial charge is 0.497 e. The summed E-state index contributed by atoms with van der Waals surface area (Å²) in [6, 6.07) is 8.06. The molecule has 0 aliphatic carbocycles. The quantitative estimate of drug-likeness (QED) is 0.785. The summed E-state index contributed by atoms with van der Waals surface area (Å²) in [6.45, 7) is 9.58. The number of benzene rings is 1. The molecular weight excluding hydrogens is 316 g/mol. The zero-order valence-corrected chi connectivity index (χ0v) is 16.0. The van der Waals surface area contributed by atoms with E-state index in [1.165, 1.54) is 12.8 Å². The average Bonchev–Trinajstić information content (AvgIpc) is 2.64. The molecule has 5 heteroatoms. The van der Waals surface area contributed by atoms with Crippen molar-refractivity contribution in [2.75, 3.05) is 26.7 Å². The number of hydrogen-bond acceptors (Lipinski definition) is 4. The molecule has 1 amide bonds. The number of nitrogens with one attached hydrogen (secondary N) is 1. The van der Waals surface area contributed by atoms with Crippen molar-refractivity contribution < 1.29 is 14.3 Å². The first kappa shape index (κ1) is 19.7. The standard InChI is InChI=1S/C20H32N2O3/c1-15-7-6-10-22(13-15)16(2)12-21-20(23)17(3)25-14-18-8-5-9-19(11-18)24-4/h5,8-9,11,15-17H,6-7,10,12-14H2,1-4H3,(H,21,23)/t15-,16+,17+/m0/s1. The van der Waals surface area contributed by atoms with Gasteiger partial charge in [0.2, 0.25) is 5.91 Å². The lowest BCUT2D eigenvalue weighted by atomic mass is 9.99. The number of nitrogens with zero attached hydrogens (tertiary/aromatic N) is 1. The summed E-state index contributed by atoms with van der Waals surface area (Å²) in [5.41, 5.74) is 0.995. The highest BCUT2D eigenvalue weighted by Crippen LogP contribution is 2.17. The third-order valence-electron chi connectivity index (χ3n) is 4.89. The van der Waals surface area contributed by atoms with Gasteiger partial charge in [0.25, 0.3) is 0 Å². The van der Waals surface area contributed by atoms with E-state index in [0.29, 0.717) is 19.2 Å². The molecule has 1 saturated heterocycles. The number of methoxy groups -OCH3 is 1. The molecule has 5 nitrogen and oxygen atoms in total. The first-order valence-corrected chi connectivity index (χ1v) is 9.26. The molecule has 1 aromatic carbocycles. The highest BCUT2D eigenvalue weighted by molar-refractivity contribution is 5.80. The van der Waals surface area contributed by atoms with Gasteiger partial charge in [0.05, 0.1) is 13.7 Å². The summed E-state index contributed by atoms with van der Waals surface area (Å²) >= 11 is 0. The van der Waals surface area contributed by atoms with Crippen molar-refractivity contribution >= 4 is 5.91 Å². The van der Waals surface area contributed by atoms with Crippen LogP contribution in [-0.4, -0.2) is 49.7 Å². The minimum Gasteiger partial charge on any atom is -0.497 e. The van der Waals surface area contributed by atoms with Gasteiger partial charge in [-0.15, -0.1) is 0 Å². The summed E-state index contributed by atoms with van der Waals surface area (Å²) in [5.74, 6) is 1.49. The van der Waals surface area contributed by atoms with Crippen LogP contribution in [-0.2, 0) is 16.1 Å². The van der Waals surface area contributed by atoms with Crippen molar-refractivity contribution in [3.63, 3.8) is 0 Å². The minimum absolute atomic E-state index is 0.0557. The number of likely N-dealkylation sites (tertiary alicyclic amines) is 1. The molecule has 1 fully saturated rings. The number of rotatable bonds is 8. The molecule has 1 N–H and O–H groups in total. The molecule has 0 saturated carbocycles. The molecule has 1 aliphatic rings. The SMILES string of the molecule is COc1cccc(CO[C@H](C)C(=O)NC[C@@H](C)N2CCC[C@H](C)C2)c1. The van der Waals surface area contributed by atoms with E-state index in [1.807, 2.05) is 24.3 Å². The Bertz CT molecular complexity index is 549. The van der Waals surface area contributed by atoms with E-state index < -0.39 is 6.10 Å². The van der Waals surface area contributed by atoms with E-state index in [1.54, 1.807) is 14.0 Å². The monoisotopic (exact) mass is 348 g/mol. The molecule has 0 radical (unpaired) electrons. The van der Waals surface area contributed by atoms with Gasteiger partial charge in [-0.25, -0.2) is 0 Å². The van der Waals surface area contributed by atoms with E-state index in [9.17, 15) is 4.79 Å². The molecule has 140 valence electrons. The lowest BCUT2D eigenvalue weighted by Gasteiger charge is -2.35. The summed E-state index contributed by atoms with van der Waals surface area (Å²) in [7, 11) is 1.64. The fourth-order valence-electron chi connectivity index (χ4n) is 3.21. The second kappa shape index (κ2) is 9.78. The van der Waals surface area contributed by atoms with E-state index in [-0.39, 0.29) is 5.91 Å². The second-order valence-electron chi connectivity index (χ2n) is 7.14. The lowest BCUT2D eigenvalue weighted by molar-refractivity contribution is -0.132. The summed E-state index contributed by atoms with van der Waals surface area (Å²) in [4.78, 5) is 14.7. The van der Waals surface area contributed by atoms with Gasteiger partial charge in [-0.3, -0.25) is 9.69 Å². The Morgan fingerprint density at radius 1 is 1.40 bits per heavy atom. The Labute approximate surface area is 151 Å². The maximum Gasteiger partial charge on any atom is 0.248 e. The molecule has 1 aromatic rings. The van der Waals surface area contributed by atoms with E-state index in [4.69, 9.17) is 9.47 Å². The molecule has 0 bridgehead atoms. The van der Waals surface area contributed by atoms with Crippen molar-refractivity contribution in [3.05, 3.63) is 29.8 Å². The maximum atomic E-state index is 12.3. The van der Waals surface area contributed by atoms with Gasteiger partial charge in [-0.05, 0) is 56.8 Å². The summed E-state index contributed by atoms with van der Waals surface area (Å²) in [5, 5.41) is 3.02. The summed E-state index contributed by atoms with van der Waals surface area (Å²) in [6.07, 6.45) is 2.09. The van der Waals surface area contributed by atoms with Crippen molar-refractivity contribution in [2.24, 2.45) is 5.92 Å². The molecule has 0 unspecified atom stereocenters. The molecule has 3 atom stereocenters. The Balaban J connectivity index is 1.72. The van der Waals surface area contributed by atoms with Crippen LogP contribution in [0.5, 0.6) is 5.75 Å². The zero-order valence-electron chi connectivity index (χ0n) is 16.0. The van der Waals surface area contributed by atoms with Crippen LogP contribution in [0.25, 0.3) is 0 Å². The molecule has 2 rings (SSSR count). The average molecular weight is 348 g/mol. The smallest absolute Gasteiger partial charge is 0.248 e. The van der Waals surface area contributed by atoms with E-state index in [2.05, 4.69) is 24.1 Å². The normalized spacial score (nSPS) is 20.7. The Kier molecular flexibility index (Phi) is 7.72. The molecule has 25 heavy (non-hydrogen) atoms. The number of hydrogen-bond donors (Lipinski definition) is 1. The minimum atomic E-state index is -0.473. The van der Waals surface area contributed by atoms with Crippen molar-refractivity contribution in [1.82, 2.24) is 10.2 Å². The van der Waals surface area contributed by atoms with Crippen LogP contribution >= 0.6 is 0 Å². The summed E-state index contributed by atoms with van der Waals surface area (Å²) < 4.78 is 10.9. The van der Waals surface area contributed by atoms with Gasteiger partial charge in [-0.1, -0.05) is 19.1 Å². The third kappa shape index (κ3) is 6.33. The van der Waals surface area contributed by atoms with Crippen LogP contribution in [0.3, 0.4) is 0 Å². The zero-order chi connectivity index (χ0) is 18.2. The van der Waals surface area contributed by atoms with Crippen LogP contribution < -0.4 is 10.1 Å². The third-order valence-corrected chi connectivity index (χ3v) is 4.89. The van der Waals surface area contributed by atoms with Crippen LogP contribution in [0, 0.1) is 5.92 Å². The number of carbonyl (C=O) groups is 1. The lowest BCUT2D eigenvalue weighted by Crippen LogP contribution is -2.47. The second-order valence-corrected chi connectivity index (χ2v) is 7.14. The van der Waals surface area contributed by atoms with Gasteiger partial charge in [0, 0.05) is 19.1 Å². The van der Waals surface area contributed by atoms with Crippen LogP contribution in [0.15, 0.2) is 24.3 Å². The number of ether oxygens (including phenoxy) is 2. The van der Waals surface area contributed by atoms with E-state index >= 15 is 0 Å². The molecule has 1 heterocycles. The van der Waals surface area contributed by atoms with Crippen LogP contribution in [0.1, 0.15) is 39.2 Å². The van der Waals surface area contributed by atoms with Gasteiger partial charge < -0.3 is 14.8 Å². The van der Waals surface area contributed by atoms with Gasteiger partial charge in [0.1, 0.15) is 11.9 Å². The molecular formula is C20H32N2O3. The number of piperidine rings is 1. The Morgan fingerprint density at radius 3 is 2.92 bits per heavy atom. The van der Waals surface area contributed by atoms with Gasteiger partial charge in [-0.2, -0.15) is 0 Å². The Hall–Kier alpha value is -1.59. The fourth-order valence-corrected chi connectivity index (χ4v) is 3.21. The highest BCUT2D eigenvalue weighted by Gasteiger charge is 2.22. The number of amides is 1. The predicted octanol–water partition coefficient (Wildman–Crippen LogP) is 2.84. The fraction of sp³-hybridized carbons (Fsp3) is 0.650. The molecule has 0 aromatic heterocycles.